The van der Waals surface area contributed by atoms with Crippen LogP contribution in [0.3, 0.4) is 0 Å². The standard InChI is InChI=1S/C27H39N5O5/c1-26(2,3)37-25(36)31-19-9-7-6-8-15-10-11-29-22(33)17(15)12-16(13-28)30-23(34)21-20-18(27(20,4)5)14-32(21)24(19)35/h6,8,15-21H,7,9-12,14H2,1-5H3,(H,29,33)(H,30,34)(H,31,36)/b8-6-/t15-,16-,17-,18-,19-,20?,21-/m0/s1. The van der Waals surface area contributed by atoms with E-state index in [4.69, 9.17) is 4.74 Å². The second-order valence-corrected chi connectivity index (χ2v) is 12.4. The maximum Gasteiger partial charge on any atom is 0.408 e. The Hall–Kier alpha value is -3.09. The lowest BCUT2D eigenvalue weighted by atomic mass is 9.81. The maximum absolute atomic E-state index is 13.8. The Balaban J connectivity index is 1.64. The lowest BCUT2D eigenvalue weighted by Crippen LogP contribution is -2.57. The Kier molecular flexibility index (Phi) is 7.28. The average molecular weight is 514 g/mol. The van der Waals surface area contributed by atoms with Crippen LogP contribution in [0.4, 0.5) is 4.79 Å². The molecule has 37 heavy (non-hydrogen) atoms. The van der Waals surface area contributed by atoms with Crippen LogP contribution in [0.15, 0.2) is 12.2 Å². The molecule has 0 radical (unpaired) electrons. The summed E-state index contributed by atoms with van der Waals surface area (Å²) in [6.07, 6.45) is 5.01. The third-order valence-corrected chi connectivity index (χ3v) is 8.35. The first-order valence-electron chi connectivity index (χ1n) is 13.3. The first kappa shape index (κ1) is 27.0. The van der Waals surface area contributed by atoms with Gasteiger partial charge in [0.2, 0.25) is 17.7 Å². The van der Waals surface area contributed by atoms with E-state index in [0.29, 0.717) is 25.9 Å². The van der Waals surface area contributed by atoms with E-state index < -0.39 is 35.7 Å². The fourth-order valence-electron chi connectivity index (χ4n) is 6.31. The van der Waals surface area contributed by atoms with E-state index in [1.54, 1.807) is 25.7 Å². The van der Waals surface area contributed by atoms with Crippen molar-refractivity contribution >= 4 is 23.8 Å². The summed E-state index contributed by atoms with van der Waals surface area (Å²) in [6, 6.07) is -0.302. The van der Waals surface area contributed by atoms with Crippen LogP contribution in [0.2, 0.25) is 0 Å². The molecular formula is C27H39N5O5. The molecule has 10 nitrogen and oxygen atoms in total. The molecule has 10 heteroatoms. The molecule has 0 aromatic carbocycles. The number of allylic oxidation sites excluding steroid dienone is 2. The Morgan fingerprint density at radius 3 is 2.62 bits per heavy atom. The van der Waals surface area contributed by atoms with Crippen molar-refractivity contribution in [3.8, 4) is 6.07 Å². The second kappa shape index (κ2) is 9.99. The summed E-state index contributed by atoms with van der Waals surface area (Å²) in [5, 5.41) is 18.3. The van der Waals surface area contributed by atoms with Crippen LogP contribution in [0.25, 0.3) is 0 Å². The van der Waals surface area contributed by atoms with Crippen LogP contribution >= 0.6 is 0 Å². The van der Waals surface area contributed by atoms with E-state index in [0.717, 1.165) is 6.42 Å². The molecule has 1 aliphatic carbocycles. The van der Waals surface area contributed by atoms with Gasteiger partial charge in [-0.25, -0.2) is 4.79 Å². The van der Waals surface area contributed by atoms with Gasteiger partial charge in [0.05, 0.1) is 6.07 Å². The zero-order chi connectivity index (χ0) is 27.1. The first-order chi connectivity index (χ1) is 17.3. The highest BCUT2D eigenvalue weighted by Crippen LogP contribution is 2.65. The topological polar surface area (TPSA) is 141 Å². The highest BCUT2D eigenvalue weighted by Gasteiger charge is 2.69. The number of nitrogens with one attached hydrogen (secondary N) is 3. The molecule has 4 rings (SSSR count). The number of piperidine rings is 2. The highest BCUT2D eigenvalue weighted by atomic mass is 16.6. The summed E-state index contributed by atoms with van der Waals surface area (Å²) in [4.78, 5) is 54.2. The molecule has 1 saturated carbocycles. The molecule has 0 spiro atoms. The number of nitrogens with zero attached hydrogens (tertiary/aromatic N) is 2. The number of hydrogen-bond donors (Lipinski definition) is 3. The van der Waals surface area contributed by atoms with Crippen molar-refractivity contribution in [1.29, 1.82) is 5.26 Å². The number of alkyl carbamates (subject to hydrolysis) is 1. The molecule has 0 aromatic heterocycles. The van der Waals surface area contributed by atoms with Crippen molar-refractivity contribution < 1.29 is 23.9 Å². The van der Waals surface area contributed by atoms with Crippen molar-refractivity contribution in [2.45, 2.75) is 84.0 Å². The summed E-state index contributed by atoms with van der Waals surface area (Å²) in [7, 11) is 0. The maximum atomic E-state index is 13.8. The Morgan fingerprint density at radius 2 is 1.95 bits per heavy atom. The molecule has 1 unspecified atom stereocenters. The van der Waals surface area contributed by atoms with Gasteiger partial charge in [0.25, 0.3) is 0 Å². The molecule has 3 fully saturated rings. The van der Waals surface area contributed by atoms with E-state index in [2.05, 4.69) is 35.9 Å². The molecule has 3 heterocycles. The Bertz CT molecular complexity index is 1030. The smallest absolute Gasteiger partial charge is 0.408 e. The minimum Gasteiger partial charge on any atom is -0.444 e. The van der Waals surface area contributed by atoms with E-state index in [9.17, 15) is 24.4 Å². The van der Waals surface area contributed by atoms with Crippen LogP contribution in [-0.4, -0.2) is 65.5 Å². The lowest BCUT2D eigenvalue weighted by molar-refractivity contribution is -0.142. The normalized spacial score (nSPS) is 36.4. The van der Waals surface area contributed by atoms with Crippen LogP contribution in [0, 0.1) is 40.4 Å². The number of fused-ring (bicyclic) bond motifs is 4. The van der Waals surface area contributed by atoms with Crippen LogP contribution < -0.4 is 16.0 Å². The van der Waals surface area contributed by atoms with Crippen LogP contribution in [-0.2, 0) is 19.1 Å². The number of amides is 4. The quantitative estimate of drug-likeness (QED) is 0.457. The highest BCUT2D eigenvalue weighted by molar-refractivity contribution is 5.93. The summed E-state index contributed by atoms with van der Waals surface area (Å²) in [5.41, 5.74) is -0.823. The first-order valence-corrected chi connectivity index (χ1v) is 13.3. The number of nitriles is 1. The van der Waals surface area contributed by atoms with Crippen molar-refractivity contribution in [2.24, 2.45) is 29.1 Å². The molecule has 202 valence electrons. The van der Waals surface area contributed by atoms with E-state index in [-0.39, 0.29) is 47.3 Å². The fourth-order valence-corrected chi connectivity index (χ4v) is 6.31. The van der Waals surface area contributed by atoms with E-state index in [1.165, 1.54) is 0 Å². The Labute approximate surface area is 218 Å². The van der Waals surface area contributed by atoms with Gasteiger partial charge in [-0.3, -0.25) is 14.4 Å². The summed E-state index contributed by atoms with van der Waals surface area (Å²) >= 11 is 0. The second-order valence-electron chi connectivity index (χ2n) is 12.4. The molecule has 7 atom stereocenters. The molecule has 4 amide bonds. The van der Waals surface area contributed by atoms with Crippen LogP contribution in [0.5, 0.6) is 0 Å². The molecule has 4 aliphatic rings. The number of hydrogen-bond acceptors (Lipinski definition) is 6. The minimum atomic E-state index is -0.865. The largest absolute Gasteiger partial charge is 0.444 e. The number of carbonyl (C=O) groups is 4. The Morgan fingerprint density at radius 1 is 1.22 bits per heavy atom. The number of rotatable bonds is 1. The van der Waals surface area contributed by atoms with Gasteiger partial charge in [0.15, 0.2) is 0 Å². The van der Waals surface area contributed by atoms with E-state index in [1.807, 2.05) is 12.2 Å². The molecule has 3 N–H and O–H groups in total. The average Bonchev–Trinajstić information content (AvgIpc) is 3.14. The summed E-state index contributed by atoms with van der Waals surface area (Å²) in [6.45, 7) is 10.4. The third kappa shape index (κ3) is 5.60. The molecule has 0 bridgehead atoms. The van der Waals surface area contributed by atoms with Crippen molar-refractivity contribution in [3.63, 3.8) is 0 Å². The fraction of sp³-hybridized carbons (Fsp3) is 0.741. The molecule has 2 saturated heterocycles. The summed E-state index contributed by atoms with van der Waals surface area (Å²) in [5.74, 6) is -1.19. The van der Waals surface area contributed by atoms with Crippen molar-refractivity contribution in [2.75, 3.05) is 13.1 Å². The molecule has 3 aliphatic heterocycles. The third-order valence-electron chi connectivity index (χ3n) is 8.35. The molecule has 0 aromatic rings. The predicted octanol–water partition coefficient (Wildman–Crippen LogP) is 1.86. The van der Waals surface area contributed by atoms with Gasteiger partial charge in [-0.15, -0.1) is 0 Å². The van der Waals surface area contributed by atoms with Gasteiger partial charge in [-0.1, -0.05) is 26.0 Å². The van der Waals surface area contributed by atoms with Gasteiger partial charge in [0, 0.05) is 19.0 Å². The van der Waals surface area contributed by atoms with Crippen LogP contribution in [0.1, 0.15) is 60.3 Å². The summed E-state index contributed by atoms with van der Waals surface area (Å²) < 4.78 is 5.41. The number of carbonyl (C=O) groups excluding carboxylic acids is 4. The van der Waals surface area contributed by atoms with Gasteiger partial charge in [-0.2, -0.15) is 5.26 Å². The van der Waals surface area contributed by atoms with Gasteiger partial charge >= 0.3 is 6.09 Å². The van der Waals surface area contributed by atoms with Gasteiger partial charge in [-0.05, 0) is 69.6 Å². The van der Waals surface area contributed by atoms with Crippen molar-refractivity contribution in [1.82, 2.24) is 20.9 Å². The minimum absolute atomic E-state index is 0.0310. The number of ether oxygens (including phenoxy) is 1. The SMILES string of the molecule is CC(C)(C)OC(=O)N[C@H]1CC/C=C\[C@H]2CCNC(=O)[C@H]2C[C@@H](C#N)NC(=O)[C@@H]2C3[C@H](CN2C1=O)C3(C)C. The predicted molar refractivity (Wildman–Crippen MR) is 135 cm³/mol. The van der Waals surface area contributed by atoms with E-state index >= 15 is 0 Å². The van der Waals surface area contributed by atoms with Crippen molar-refractivity contribution in [3.05, 3.63) is 12.2 Å². The molecular weight excluding hydrogens is 474 g/mol. The monoisotopic (exact) mass is 513 g/mol. The van der Waals surface area contributed by atoms with Gasteiger partial charge < -0.3 is 25.6 Å². The zero-order valence-corrected chi connectivity index (χ0v) is 22.4. The lowest BCUT2D eigenvalue weighted by Gasteiger charge is -2.35. The zero-order valence-electron chi connectivity index (χ0n) is 22.4. The van der Waals surface area contributed by atoms with Gasteiger partial charge in [0.1, 0.15) is 23.7 Å².